The smallest absolute Gasteiger partial charge is 0.276 e. The molecule has 1 aliphatic heterocycles. The average Bonchev–Trinajstić information content (AvgIpc) is 2.73. The average molecular weight is 417 g/mol. The lowest BCUT2D eigenvalue weighted by Gasteiger charge is -2.21. The van der Waals surface area contributed by atoms with Crippen molar-refractivity contribution in [2.24, 2.45) is 0 Å². The number of carbonyl (C=O) groups is 2. The highest BCUT2D eigenvalue weighted by atomic mass is 19.1. The van der Waals surface area contributed by atoms with Crippen LogP contribution in [-0.2, 0) is 4.79 Å². The largest absolute Gasteiger partial charge is 0.486 e. The molecule has 2 amide bonds. The molecule has 0 fully saturated rings. The first kappa shape index (κ1) is 21.0. The Morgan fingerprint density at radius 3 is 2.57 bits per heavy atom. The minimum absolute atomic E-state index is 0.149. The quantitative estimate of drug-likeness (QED) is 0.572. The van der Waals surface area contributed by atoms with Crippen LogP contribution in [0.1, 0.15) is 22.8 Å². The number of hydrogen-bond acceptors (Lipinski definition) is 6. The van der Waals surface area contributed by atoms with Crippen LogP contribution in [0.4, 0.5) is 15.8 Å². The van der Waals surface area contributed by atoms with Crippen molar-refractivity contribution < 1.29 is 28.4 Å². The number of rotatable bonds is 6. The molecule has 2 aromatic rings. The van der Waals surface area contributed by atoms with Gasteiger partial charge in [0, 0.05) is 29.9 Å². The molecule has 1 N–H and O–H groups in total. The van der Waals surface area contributed by atoms with E-state index in [9.17, 15) is 24.1 Å². The van der Waals surface area contributed by atoms with Crippen LogP contribution >= 0.6 is 0 Å². The lowest BCUT2D eigenvalue weighted by molar-refractivity contribution is -0.385. The second kappa shape index (κ2) is 8.76. The van der Waals surface area contributed by atoms with Gasteiger partial charge in [-0.15, -0.1) is 0 Å². The molecule has 0 saturated carbocycles. The molecular weight excluding hydrogens is 397 g/mol. The summed E-state index contributed by atoms with van der Waals surface area (Å²) in [5, 5.41) is 13.8. The minimum Gasteiger partial charge on any atom is -0.486 e. The molecular formula is C20H20FN3O6. The summed E-state index contributed by atoms with van der Waals surface area (Å²) < 4.78 is 24.9. The fourth-order valence-electron chi connectivity index (χ4n) is 2.98. The molecule has 30 heavy (non-hydrogen) atoms. The number of anilines is 1. The first-order valence-electron chi connectivity index (χ1n) is 9.23. The summed E-state index contributed by atoms with van der Waals surface area (Å²) in [7, 11) is 0. The zero-order valence-corrected chi connectivity index (χ0v) is 16.4. The molecule has 0 aromatic heterocycles. The first-order chi connectivity index (χ1) is 14.3. The Morgan fingerprint density at radius 2 is 1.90 bits per heavy atom. The Labute approximate surface area is 171 Å². The SMILES string of the molecule is CCN(CC(=O)Nc1ccc2c(c1)OCCO2)C(=O)c1cc(F)c(C)c([N+](=O)[O-])c1. The van der Waals surface area contributed by atoms with Gasteiger partial charge in [-0.3, -0.25) is 19.7 Å². The Morgan fingerprint density at radius 1 is 1.20 bits per heavy atom. The van der Waals surface area contributed by atoms with E-state index in [0.29, 0.717) is 30.4 Å². The highest BCUT2D eigenvalue weighted by molar-refractivity contribution is 6.00. The van der Waals surface area contributed by atoms with Gasteiger partial charge in [-0.2, -0.15) is 0 Å². The number of nitro benzene ring substituents is 1. The van der Waals surface area contributed by atoms with Crippen molar-refractivity contribution in [3.63, 3.8) is 0 Å². The monoisotopic (exact) mass is 417 g/mol. The Hall–Kier alpha value is -3.69. The third-order valence-corrected chi connectivity index (χ3v) is 4.59. The molecule has 1 aliphatic rings. The summed E-state index contributed by atoms with van der Waals surface area (Å²) in [5.41, 5.74) is -0.380. The number of nitrogens with one attached hydrogen (secondary N) is 1. The molecule has 0 saturated heterocycles. The van der Waals surface area contributed by atoms with E-state index in [1.807, 2.05) is 0 Å². The van der Waals surface area contributed by atoms with Crippen molar-refractivity contribution >= 4 is 23.2 Å². The summed E-state index contributed by atoms with van der Waals surface area (Å²) in [6, 6.07) is 6.88. The first-order valence-corrected chi connectivity index (χ1v) is 9.23. The van der Waals surface area contributed by atoms with Crippen LogP contribution in [0.2, 0.25) is 0 Å². The van der Waals surface area contributed by atoms with Crippen molar-refractivity contribution in [1.82, 2.24) is 4.90 Å². The number of nitro groups is 1. The van der Waals surface area contributed by atoms with Gasteiger partial charge < -0.3 is 19.7 Å². The molecule has 2 aromatic carbocycles. The van der Waals surface area contributed by atoms with E-state index < -0.39 is 28.2 Å². The highest BCUT2D eigenvalue weighted by Gasteiger charge is 2.23. The van der Waals surface area contributed by atoms with Crippen LogP contribution in [0.15, 0.2) is 30.3 Å². The van der Waals surface area contributed by atoms with Crippen molar-refractivity contribution in [3.8, 4) is 11.5 Å². The number of nitrogens with zero attached hydrogens (tertiary/aromatic N) is 2. The van der Waals surface area contributed by atoms with Gasteiger partial charge in [0.05, 0.1) is 10.5 Å². The van der Waals surface area contributed by atoms with E-state index in [0.717, 1.165) is 12.1 Å². The standard InChI is InChI=1S/C20H20FN3O6/c1-3-23(20(26)13-8-15(21)12(2)16(9-13)24(27)28)11-19(25)22-14-4-5-17-18(10-14)30-7-6-29-17/h4-5,8-10H,3,6-7,11H2,1-2H3,(H,22,25). The van der Waals surface area contributed by atoms with Gasteiger partial charge in [0.15, 0.2) is 11.5 Å². The van der Waals surface area contributed by atoms with Gasteiger partial charge in [-0.25, -0.2) is 4.39 Å². The van der Waals surface area contributed by atoms with Gasteiger partial charge in [0.25, 0.3) is 11.6 Å². The highest BCUT2D eigenvalue weighted by Crippen LogP contribution is 2.32. The zero-order valence-electron chi connectivity index (χ0n) is 16.4. The van der Waals surface area contributed by atoms with Crippen LogP contribution in [0, 0.1) is 22.9 Å². The van der Waals surface area contributed by atoms with Gasteiger partial charge in [-0.05, 0) is 32.0 Å². The van der Waals surface area contributed by atoms with E-state index in [2.05, 4.69) is 5.32 Å². The second-order valence-electron chi connectivity index (χ2n) is 6.59. The maximum absolute atomic E-state index is 14.0. The van der Waals surface area contributed by atoms with Crippen molar-refractivity contribution in [2.75, 3.05) is 31.6 Å². The minimum atomic E-state index is -0.857. The van der Waals surface area contributed by atoms with Crippen molar-refractivity contribution in [2.45, 2.75) is 13.8 Å². The Kier molecular flexibility index (Phi) is 6.14. The fourth-order valence-corrected chi connectivity index (χ4v) is 2.98. The zero-order chi connectivity index (χ0) is 21.8. The molecule has 9 nitrogen and oxygen atoms in total. The molecule has 10 heteroatoms. The second-order valence-corrected chi connectivity index (χ2v) is 6.59. The third-order valence-electron chi connectivity index (χ3n) is 4.59. The molecule has 0 spiro atoms. The fraction of sp³-hybridized carbons (Fsp3) is 0.300. The van der Waals surface area contributed by atoms with Crippen LogP contribution in [-0.4, -0.2) is 47.9 Å². The number of likely N-dealkylation sites (N-methyl/N-ethyl adjacent to an activating group) is 1. The maximum atomic E-state index is 14.0. The number of fused-ring (bicyclic) bond motifs is 1. The van der Waals surface area contributed by atoms with Crippen molar-refractivity contribution in [1.29, 1.82) is 0 Å². The number of amides is 2. The number of hydrogen-bond donors (Lipinski definition) is 1. The number of ether oxygens (including phenoxy) is 2. The van der Waals surface area contributed by atoms with Crippen LogP contribution < -0.4 is 14.8 Å². The Balaban J connectivity index is 1.72. The molecule has 0 bridgehead atoms. The van der Waals surface area contributed by atoms with Gasteiger partial charge in [0.2, 0.25) is 5.91 Å². The topological polar surface area (TPSA) is 111 Å². The number of carbonyl (C=O) groups excluding carboxylic acids is 2. The van der Waals surface area contributed by atoms with Crippen LogP contribution in [0.3, 0.4) is 0 Å². The summed E-state index contributed by atoms with van der Waals surface area (Å²) in [5.74, 6) is -0.942. The van der Waals surface area contributed by atoms with Gasteiger partial charge >= 0.3 is 0 Å². The Bertz CT molecular complexity index is 1010. The predicted molar refractivity (Wildman–Crippen MR) is 105 cm³/mol. The normalized spacial score (nSPS) is 12.2. The number of halogens is 1. The van der Waals surface area contributed by atoms with Crippen LogP contribution in [0.5, 0.6) is 11.5 Å². The molecule has 3 rings (SSSR count). The van der Waals surface area contributed by atoms with E-state index >= 15 is 0 Å². The van der Waals surface area contributed by atoms with Gasteiger partial charge in [0.1, 0.15) is 25.6 Å². The number of benzene rings is 2. The molecule has 0 radical (unpaired) electrons. The summed E-state index contributed by atoms with van der Waals surface area (Å²) >= 11 is 0. The van der Waals surface area contributed by atoms with E-state index in [-0.39, 0.29) is 24.2 Å². The summed E-state index contributed by atoms with van der Waals surface area (Å²) in [4.78, 5) is 36.7. The summed E-state index contributed by atoms with van der Waals surface area (Å²) in [6.45, 7) is 3.60. The van der Waals surface area contributed by atoms with E-state index in [1.54, 1.807) is 25.1 Å². The van der Waals surface area contributed by atoms with Crippen molar-refractivity contribution in [3.05, 3.63) is 57.4 Å². The third kappa shape index (κ3) is 4.48. The lowest BCUT2D eigenvalue weighted by Crippen LogP contribution is -2.38. The van der Waals surface area contributed by atoms with E-state index in [4.69, 9.17) is 9.47 Å². The molecule has 0 atom stereocenters. The molecule has 0 unspecified atom stereocenters. The molecule has 1 heterocycles. The predicted octanol–water partition coefficient (Wildman–Crippen LogP) is 2.91. The molecule has 158 valence electrons. The van der Waals surface area contributed by atoms with E-state index in [1.165, 1.54) is 11.8 Å². The molecule has 0 aliphatic carbocycles. The van der Waals surface area contributed by atoms with Gasteiger partial charge in [-0.1, -0.05) is 0 Å². The van der Waals surface area contributed by atoms with Crippen LogP contribution in [0.25, 0.3) is 0 Å². The lowest BCUT2D eigenvalue weighted by atomic mass is 10.1. The summed E-state index contributed by atoms with van der Waals surface area (Å²) in [6.07, 6.45) is 0. The maximum Gasteiger partial charge on any atom is 0.276 e.